The maximum atomic E-state index is 11.4. The average Bonchev–Trinajstić information content (AvgIpc) is 2.65. The van der Waals surface area contributed by atoms with Crippen molar-refractivity contribution in [2.75, 3.05) is 21.3 Å². The molecule has 0 amide bonds. The van der Waals surface area contributed by atoms with Crippen molar-refractivity contribution in [2.24, 2.45) is 0 Å². The normalized spacial score (nSPS) is 10.5. The summed E-state index contributed by atoms with van der Waals surface area (Å²) in [6.07, 6.45) is 5.60. The van der Waals surface area contributed by atoms with Gasteiger partial charge < -0.3 is 14.2 Å². The highest BCUT2D eigenvalue weighted by atomic mass is 16.5. The van der Waals surface area contributed by atoms with Crippen LogP contribution in [0.5, 0.6) is 11.5 Å². The summed E-state index contributed by atoms with van der Waals surface area (Å²) in [6, 6.07) is 11.0. The molecule has 2 rings (SSSR count). The first kappa shape index (κ1) is 17.3. The van der Waals surface area contributed by atoms with Gasteiger partial charge in [0, 0.05) is 0 Å². The SMILES string of the molecule is C=Cc1c(OC)cc(/C=C/c2ccc(C(=O)OC)cc2)cc1OC. The molecule has 124 valence electrons. The lowest BCUT2D eigenvalue weighted by Gasteiger charge is -2.11. The van der Waals surface area contributed by atoms with Crippen molar-refractivity contribution >= 4 is 24.2 Å². The van der Waals surface area contributed by atoms with E-state index in [9.17, 15) is 4.79 Å². The van der Waals surface area contributed by atoms with E-state index in [1.165, 1.54) is 7.11 Å². The third kappa shape index (κ3) is 3.84. The minimum absolute atomic E-state index is 0.347. The van der Waals surface area contributed by atoms with Crippen molar-refractivity contribution in [1.29, 1.82) is 0 Å². The zero-order chi connectivity index (χ0) is 17.5. The Hall–Kier alpha value is -3.01. The molecule has 0 saturated carbocycles. The largest absolute Gasteiger partial charge is 0.496 e. The summed E-state index contributed by atoms with van der Waals surface area (Å²) in [5.74, 6) is 1.05. The van der Waals surface area contributed by atoms with Crippen LogP contribution in [0.2, 0.25) is 0 Å². The monoisotopic (exact) mass is 324 g/mol. The quantitative estimate of drug-likeness (QED) is 0.587. The van der Waals surface area contributed by atoms with E-state index in [1.54, 1.807) is 32.4 Å². The van der Waals surface area contributed by atoms with Gasteiger partial charge in [-0.25, -0.2) is 4.79 Å². The highest BCUT2D eigenvalue weighted by Gasteiger charge is 2.08. The molecule has 0 heterocycles. The summed E-state index contributed by atoms with van der Waals surface area (Å²) in [4.78, 5) is 11.4. The van der Waals surface area contributed by atoms with Gasteiger partial charge in [0.15, 0.2) is 0 Å². The summed E-state index contributed by atoms with van der Waals surface area (Å²) in [5, 5.41) is 0. The molecule has 0 saturated heterocycles. The molecule has 0 N–H and O–H groups in total. The lowest BCUT2D eigenvalue weighted by Crippen LogP contribution is -2.00. The summed E-state index contributed by atoms with van der Waals surface area (Å²) in [6.45, 7) is 3.79. The lowest BCUT2D eigenvalue weighted by atomic mass is 10.1. The second-order valence-electron chi connectivity index (χ2n) is 4.99. The van der Waals surface area contributed by atoms with Gasteiger partial charge in [-0.3, -0.25) is 0 Å². The van der Waals surface area contributed by atoms with Crippen LogP contribution in [0.3, 0.4) is 0 Å². The fourth-order valence-electron chi connectivity index (χ4n) is 2.30. The molecule has 0 aliphatic carbocycles. The Morgan fingerprint density at radius 1 is 0.917 bits per heavy atom. The van der Waals surface area contributed by atoms with Gasteiger partial charge >= 0.3 is 5.97 Å². The Morgan fingerprint density at radius 3 is 1.92 bits per heavy atom. The molecule has 0 aromatic heterocycles. The van der Waals surface area contributed by atoms with E-state index in [0.717, 1.165) is 16.7 Å². The number of esters is 1. The van der Waals surface area contributed by atoms with Crippen LogP contribution in [0.4, 0.5) is 0 Å². The van der Waals surface area contributed by atoms with Crippen molar-refractivity contribution < 1.29 is 19.0 Å². The zero-order valence-corrected chi connectivity index (χ0v) is 14.0. The second kappa shape index (κ2) is 8.02. The van der Waals surface area contributed by atoms with E-state index < -0.39 is 0 Å². The van der Waals surface area contributed by atoms with Gasteiger partial charge in [-0.2, -0.15) is 0 Å². The summed E-state index contributed by atoms with van der Waals surface area (Å²) in [5.41, 5.74) is 3.24. The van der Waals surface area contributed by atoms with Crippen LogP contribution in [-0.2, 0) is 4.74 Å². The average molecular weight is 324 g/mol. The number of carbonyl (C=O) groups excluding carboxylic acids is 1. The molecular weight excluding hydrogens is 304 g/mol. The number of methoxy groups -OCH3 is 3. The van der Waals surface area contributed by atoms with Crippen LogP contribution < -0.4 is 9.47 Å². The predicted octanol–water partition coefficient (Wildman–Crippen LogP) is 4.30. The molecule has 0 atom stereocenters. The van der Waals surface area contributed by atoms with Crippen LogP contribution in [-0.4, -0.2) is 27.3 Å². The fraction of sp³-hybridized carbons (Fsp3) is 0.150. The van der Waals surface area contributed by atoms with Crippen LogP contribution >= 0.6 is 0 Å². The minimum atomic E-state index is -0.347. The fourth-order valence-corrected chi connectivity index (χ4v) is 2.30. The molecule has 4 heteroatoms. The Morgan fingerprint density at radius 2 is 1.46 bits per heavy atom. The molecular formula is C20H20O4. The molecule has 4 nitrogen and oxygen atoms in total. The van der Waals surface area contributed by atoms with E-state index in [4.69, 9.17) is 9.47 Å². The standard InChI is InChI=1S/C20H20O4/c1-5-17-18(22-2)12-15(13-19(17)23-3)7-6-14-8-10-16(11-9-14)20(21)24-4/h5-13H,1H2,2-4H3/b7-6+. The first-order valence-corrected chi connectivity index (χ1v) is 7.37. The maximum absolute atomic E-state index is 11.4. The van der Waals surface area contributed by atoms with Gasteiger partial charge in [0.1, 0.15) is 11.5 Å². The minimum Gasteiger partial charge on any atom is -0.496 e. The number of hydrogen-bond acceptors (Lipinski definition) is 4. The number of ether oxygens (including phenoxy) is 3. The van der Waals surface area contributed by atoms with Gasteiger partial charge in [-0.15, -0.1) is 0 Å². The first-order chi connectivity index (χ1) is 11.6. The molecule has 0 aliphatic heterocycles. The molecule has 0 spiro atoms. The molecule has 0 aliphatic rings. The van der Waals surface area contributed by atoms with Crippen molar-refractivity contribution in [3.8, 4) is 11.5 Å². The topological polar surface area (TPSA) is 44.8 Å². The van der Waals surface area contributed by atoms with Gasteiger partial charge in [0.2, 0.25) is 0 Å². The first-order valence-electron chi connectivity index (χ1n) is 7.37. The number of hydrogen-bond donors (Lipinski definition) is 0. The third-order valence-corrected chi connectivity index (χ3v) is 3.57. The number of rotatable bonds is 6. The smallest absolute Gasteiger partial charge is 0.337 e. The van der Waals surface area contributed by atoms with Gasteiger partial charge in [0.05, 0.1) is 32.5 Å². The molecule has 2 aromatic carbocycles. The highest BCUT2D eigenvalue weighted by Crippen LogP contribution is 2.32. The van der Waals surface area contributed by atoms with E-state index in [2.05, 4.69) is 11.3 Å². The van der Waals surface area contributed by atoms with Crippen molar-refractivity contribution in [3.05, 3.63) is 65.2 Å². The lowest BCUT2D eigenvalue weighted by molar-refractivity contribution is 0.0600. The molecule has 0 bridgehead atoms. The Balaban J connectivity index is 2.28. The number of carbonyl (C=O) groups is 1. The molecule has 0 radical (unpaired) electrons. The van der Waals surface area contributed by atoms with E-state index >= 15 is 0 Å². The van der Waals surface area contributed by atoms with Crippen molar-refractivity contribution in [1.82, 2.24) is 0 Å². The summed E-state index contributed by atoms with van der Waals surface area (Å²) in [7, 11) is 4.59. The van der Waals surface area contributed by atoms with E-state index in [0.29, 0.717) is 17.1 Å². The number of benzene rings is 2. The van der Waals surface area contributed by atoms with Gasteiger partial charge in [0.25, 0.3) is 0 Å². The summed E-state index contributed by atoms with van der Waals surface area (Å²) >= 11 is 0. The Bertz CT molecular complexity index is 733. The molecule has 0 unspecified atom stereocenters. The van der Waals surface area contributed by atoms with Gasteiger partial charge in [-0.05, 0) is 35.4 Å². The Labute approximate surface area is 142 Å². The molecule has 2 aromatic rings. The van der Waals surface area contributed by atoms with Crippen LogP contribution in [0.1, 0.15) is 27.0 Å². The van der Waals surface area contributed by atoms with Crippen LogP contribution in [0, 0.1) is 0 Å². The summed E-state index contributed by atoms with van der Waals surface area (Å²) < 4.78 is 15.5. The maximum Gasteiger partial charge on any atom is 0.337 e. The van der Waals surface area contributed by atoms with Gasteiger partial charge in [-0.1, -0.05) is 36.9 Å². The highest BCUT2D eigenvalue weighted by molar-refractivity contribution is 5.89. The Kier molecular flexibility index (Phi) is 5.79. The van der Waals surface area contributed by atoms with Crippen LogP contribution in [0.25, 0.3) is 18.2 Å². The van der Waals surface area contributed by atoms with E-state index in [-0.39, 0.29) is 5.97 Å². The van der Waals surface area contributed by atoms with E-state index in [1.807, 2.05) is 36.4 Å². The zero-order valence-electron chi connectivity index (χ0n) is 14.0. The van der Waals surface area contributed by atoms with Crippen molar-refractivity contribution in [3.63, 3.8) is 0 Å². The predicted molar refractivity (Wildman–Crippen MR) is 96.3 cm³/mol. The second-order valence-corrected chi connectivity index (χ2v) is 4.99. The molecule has 24 heavy (non-hydrogen) atoms. The molecule has 0 fully saturated rings. The third-order valence-electron chi connectivity index (χ3n) is 3.57. The van der Waals surface area contributed by atoms with Crippen molar-refractivity contribution in [2.45, 2.75) is 0 Å². The van der Waals surface area contributed by atoms with Crippen LogP contribution in [0.15, 0.2) is 43.0 Å².